The smallest absolute Gasteiger partial charge is 0.258 e. The van der Waals surface area contributed by atoms with Gasteiger partial charge in [0.05, 0.1) is 0 Å². The topological polar surface area (TPSA) is 46.3 Å². The molecule has 0 saturated heterocycles. The van der Waals surface area contributed by atoms with Gasteiger partial charge in [-0.3, -0.25) is 4.79 Å². The minimum absolute atomic E-state index is 0.243. The van der Waals surface area contributed by atoms with Crippen LogP contribution in [0.2, 0.25) is 0 Å². The number of carbonyl (C=O) groups is 1. The average Bonchev–Trinajstić information content (AvgIpc) is 2.39. The predicted octanol–water partition coefficient (Wildman–Crippen LogP) is 3.07. The molecule has 0 heterocycles. The first-order valence-corrected chi connectivity index (χ1v) is 6.05. The number of nitrogens with zero attached hydrogens (tertiary/aromatic N) is 1. The third-order valence-electron chi connectivity index (χ3n) is 2.81. The molecular weight excluding hydrogens is 243 g/mol. The maximum absolute atomic E-state index is 13.2. The van der Waals surface area contributed by atoms with Crippen LogP contribution in [-0.4, -0.2) is 12.5 Å². The fourth-order valence-corrected chi connectivity index (χ4v) is 1.91. The summed E-state index contributed by atoms with van der Waals surface area (Å²) in [4.78, 5) is 13.9. The summed E-state index contributed by atoms with van der Waals surface area (Å²) in [6.07, 6.45) is 0. The van der Waals surface area contributed by atoms with Gasteiger partial charge in [0, 0.05) is 23.5 Å². The highest BCUT2D eigenvalue weighted by Gasteiger charge is 2.16. The summed E-state index contributed by atoms with van der Waals surface area (Å²) in [6.45, 7) is 2.35. The number of anilines is 2. The zero-order valence-electron chi connectivity index (χ0n) is 10.6. The van der Waals surface area contributed by atoms with Crippen molar-refractivity contribution in [1.29, 1.82) is 0 Å². The maximum Gasteiger partial charge on any atom is 0.258 e. The minimum atomic E-state index is -0.422. The number of nitrogens with two attached hydrogens (primary N) is 1. The largest absolute Gasteiger partial charge is 0.399 e. The van der Waals surface area contributed by atoms with Crippen LogP contribution in [-0.2, 0) is 0 Å². The Bertz CT molecular complexity index is 598. The molecule has 0 spiro atoms. The van der Waals surface area contributed by atoms with Crippen LogP contribution in [0.25, 0.3) is 0 Å². The van der Waals surface area contributed by atoms with Gasteiger partial charge in [0.2, 0.25) is 0 Å². The first-order chi connectivity index (χ1) is 9.11. The highest BCUT2D eigenvalue weighted by atomic mass is 19.1. The van der Waals surface area contributed by atoms with Gasteiger partial charge in [-0.05, 0) is 43.3 Å². The van der Waals surface area contributed by atoms with Gasteiger partial charge in [0.1, 0.15) is 5.82 Å². The summed E-state index contributed by atoms with van der Waals surface area (Å²) in [6, 6.07) is 12.7. The van der Waals surface area contributed by atoms with Gasteiger partial charge in [0.15, 0.2) is 0 Å². The second kappa shape index (κ2) is 5.52. The predicted molar refractivity (Wildman–Crippen MR) is 74.6 cm³/mol. The number of hydrogen-bond donors (Lipinski definition) is 1. The highest BCUT2D eigenvalue weighted by molar-refractivity contribution is 6.06. The molecule has 0 atom stereocenters. The Morgan fingerprint density at radius 1 is 1.21 bits per heavy atom. The van der Waals surface area contributed by atoms with E-state index in [0.29, 0.717) is 23.5 Å². The summed E-state index contributed by atoms with van der Waals surface area (Å²) in [5.41, 5.74) is 7.33. The lowest BCUT2D eigenvalue weighted by Gasteiger charge is -2.21. The first kappa shape index (κ1) is 13.1. The number of halogens is 1. The molecule has 0 bridgehead atoms. The van der Waals surface area contributed by atoms with Crippen LogP contribution in [0.3, 0.4) is 0 Å². The van der Waals surface area contributed by atoms with E-state index < -0.39 is 5.82 Å². The Morgan fingerprint density at radius 2 is 1.95 bits per heavy atom. The first-order valence-electron chi connectivity index (χ1n) is 6.05. The van der Waals surface area contributed by atoms with E-state index >= 15 is 0 Å². The summed E-state index contributed by atoms with van der Waals surface area (Å²) in [7, 11) is 0. The van der Waals surface area contributed by atoms with Crippen molar-refractivity contribution in [2.75, 3.05) is 17.2 Å². The van der Waals surface area contributed by atoms with E-state index in [0.717, 1.165) is 0 Å². The van der Waals surface area contributed by atoms with E-state index in [2.05, 4.69) is 0 Å². The minimum Gasteiger partial charge on any atom is -0.399 e. The van der Waals surface area contributed by atoms with E-state index in [-0.39, 0.29) is 5.91 Å². The van der Waals surface area contributed by atoms with Gasteiger partial charge in [-0.2, -0.15) is 0 Å². The molecule has 2 aromatic rings. The molecular formula is C15H15FN2O. The molecule has 3 nitrogen and oxygen atoms in total. The van der Waals surface area contributed by atoms with Crippen molar-refractivity contribution in [3.63, 3.8) is 0 Å². The van der Waals surface area contributed by atoms with Crippen molar-refractivity contribution >= 4 is 17.3 Å². The van der Waals surface area contributed by atoms with Crippen molar-refractivity contribution in [3.8, 4) is 0 Å². The molecule has 0 unspecified atom stereocenters. The standard InChI is InChI=1S/C15H15FN2O/c1-2-18(14-8-4-7-13(17)10-14)15(19)11-5-3-6-12(16)9-11/h3-10H,2,17H2,1H3. The van der Waals surface area contributed by atoms with Gasteiger partial charge in [-0.15, -0.1) is 0 Å². The molecule has 2 N–H and O–H groups in total. The normalized spacial score (nSPS) is 10.2. The molecule has 0 aliphatic carbocycles. The Labute approximate surface area is 111 Å². The van der Waals surface area contributed by atoms with E-state index in [1.807, 2.05) is 6.92 Å². The Balaban J connectivity index is 2.34. The molecule has 4 heteroatoms. The van der Waals surface area contributed by atoms with Crippen LogP contribution < -0.4 is 10.6 Å². The summed E-state index contributed by atoms with van der Waals surface area (Å²) in [5, 5.41) is 0. The lowest BCUT2D eigenvalue weighted by molar-refractivity contribution is 0.0988. The third kappa shape index (κ3) is 2.91. The van der Waals surface area contributed by atoms with Gasteiger partial charge in [-0.1, -0.05) is 12.1 Å². The molecule has 19 heavy (non-hydrogen) atoms. The van der Waals surface area contributed by atoms with Crippen molar-refractivity contribution in [2.24, 2.45) is 0 Å². The van der Waals surface area contributed by atoms with Gasteiger partial charge >= 0.3 is 0 Å². The van der Waals surface area contributed by atoms with E-state index in [4.69, 9.17) is 5.73 Å². The van der Waals surface area contributed by atoms with Crippen LogP contribution in [0.1, 0.15) is 17.3 Å². The van der Waals surface area contributed by atoms with E-state index in [1.54, 1.807) is 35.2 Å². The quantitative estimate of drug-likeness (QED) is 0.860. The molecule has 0 radical (unpaired) electrons. The number of nitrogen functional groups attached to an aromatic ring is 1. The lowest BCUT2D eigenvalue weighted by Crippen LogP contribution is -2.30. The number of hydrogen-bond acceptors (Lipinski definition) is 2. The van der Waals surface area contributed by atoms with Crippen LogP contribution >= 0.6 is 0 Å². The van der Waals surface area contributed by atoms with Crippen LogP contribution in [0.4, 0.5) is 15.8 Å². The zero-order chi connectivity index (χ0) is 13.8. The van der Waals surface area contributed by atoms with Crippen molar-refractivity contribution in [1.82, 2.24) is 0 Å². The third-order valence-corrected chi connectivity index (χ3v) is 2.81. The van der Waals surface area contributed by atoms with Crippen molar-refractivity contribution in [2.45, 2.75) is 6.92 Å². The molecule has 0 aromatic heterocycles. The zero-order valence-corrected chi connectivity index (χ0v) is 10.6. The second-order valence-electron chi connectivity index (χ2n) is 4.15. The van der Waals surface area contributed by atoms with Crippen LogP contribution in [0, 0.1) is 5.82 Å². The fourth-order valence-electron chi connectivity index (χ4n) is 1.91. The lowest BCUT2D eigenvalue weighted by atomic mass is 10.1. The summed E-state index contributed by atoms with van der Waals surface area (Å²) in [5.74, 6) is -0.665. The van der Waals surface area contributed by atoms with E-state index in [9.17, 15) is 9.18 Å². The van der Waals surface area contributed by atoms with E-state index in [1.165, 1.54) is 18.2 Å². The molecule has 0 aliphatic heterocycles. The Hall–Kier alpha value is -2.36. The van der Waals surface area contributed by atoms with Gasteiger partial charge < -0.3 is 10.6 Å². The highest BCUT2D eigenvalue weighted by Crippen LogP contribution is 2.20. The number of amides is 1. The fraction of sp³-hybridized carbons (Fsp3) is 0.133. The molecule has 0 saturated carbocycles. The molecule has 2 rings (SSSR count). The van der Waals surface area contributed by atoms with Crippen LogP contribution in [0.5, 0.6) is 0 Å². The van der Waals surface area contributed by atoms with Crippen molar-refractivity contribution < 1.29 is 9.18 Å². The van der Waals surface area contributed by atoms with Gasteiger partial charge in [-0.25, -0.2) is 4.39 Å². The SMILES string of the molecule is CCN(C(=O)c1cccc(F)c1)c1cccc(N)c1. The average molecular weight is 258 g/mol. The Kier molecular flexibility index (Phi) is 3.80. The number of carbonyl (C=O) groups excluding carboxylic acids is 1. The monoisotopic (exact) mass is 258 g/mol. The molecule has 1 amide bonds. The molecule has 0 aliphatic rings. The van der Waals surface area contributed by atoms with Crippen molar-refractivity contribution in [3.05, 3.63) is 59.9 Å². The van der Waals surface area contributed by atoms with Gasteiger partial charge in [0.25, 0.3) is 5.91 Å². The molecule has 2 aromatic carbocycles. The summed E-state index contributed by atoms with van der Waals surface area (Å²) >= 11 is 0. The molecule has 98 valence electrons. The second-order valence-corrected chi connectivity index (χ2v) is 4.15. The maximum atomic E-state index is 13.2. The number of benzene rings is 2. The summed E-state index contributed by atoms with van der Waals surface area (Å²) < 4.78 is 13.2. The molecule has 0 fully saturated rings. The Morgan fingerprint density at radius 3 is 2.58 bits per heavy atom. The van der Waals surface area contributed by atoms with Crippen LogP contribution in [0.15, 0.2) is 48.5 Å². The number of rotatable bonds is 3.